The third-order valence-corrected chi connectivity index (χ3v) is 2.59. The van der Waals surface area contributed by atoms with Gasteiger partial charge in [0.25, 0.3) is 0 Å². The molecule has 0 spiro atoms. The average molecular weight is 253 g/mol. The van der Waals surface area contributed by atoms with E-state index < -0.39 is 0 Å². The fourth-order valence-corrected chi connectivity index (χ4v) is 1.60. The first-order valence-corrected chi connectivity index (χ1v) is 5.82. The highest BCUT2D eigenvalue weighted by atomic mass is 35.5. The molecule has 0 atom stereocenters. The minimum Gasteiger partial charge on any atom is -0.396 e. The maximum Gasteiger partial charge on any atom is 0.226 e. The molecule has 1 N–H and O–H groups in total. The van der Waals surface area contributed by atoms with Crippen molar-refractivity contribution in [2.45, 2.75) is 19.3 Å². The van der Waals surface area contributed by atoms with Crippen molar-refractivity contribution in [1.29, 1.82) is 0 Å². The maximum atomic E-state index is 8.69. The highest BCUT2D eigenvalue weighted by molar-refractivity contribution is 6.30. The van der Waals surface area contributed by atoms with Gasteiger partial charge in [0, 0.05) is 24.5 Å². The van der Waals surface area contributed by atoms with Gasteiger partial charge in [-0.15, -0.1) is 0 Å². The van der Waals surface area contributed by atoms with Crippen LogP contribution in [-0.4, -0.2) is 21.9 Å². The molecule has 0 aliphatic rings. The lowest BCUT2D eigenvalue weighted by Crippen LogP contribution is -1.92. The summed E-state index contributed by atoms with van der Waals surface area (Å²) in [6.07, 6.45) is 1.88. The van der Waals surface area contributed by atoms with E-state index in [0.29, 0.717) is 36.0 Å². The Morgan fingerprint density at radius 1 is 1.24 bits per heavy atom. The van der Waals surface area contributed by atoms with Crippen molar-refractivity contribution >= 4 is 11.6 Å². The van der Waals surface area contributed by atoms with Crippen LogP contribution in [0.4, 0.5) is 0 Å². The summed E-state index contributed by atoms with van der Waals surface area (Å²) in [7, 11) is 0. The quantitative estimate of drug-likeness (QED) is 0.887. The van der Waals surface area contributed by atoms with Crippen molar-refractivity contribution in [3.63, 3.8) is 0 Å². The van der Waals surface area contributed by atoms with Crippen molar-refractivity contribution in [2.75, 3.05) is 6.61 Å². The lowest BCUT2D eigenvalue weighted by Gasteiger charge is -1.96. The summed E-state index contributed by atoms with van der Waals surface area (Å²) < 4.78 is 5.06. The molecule has 17 heavy (non-hydrogen) atoms. The molecule has 2 aromatic rings. The number of aliphatic hydroxyl groups is 1. The second kappa shape index (κ2) is 5.80. The van der Waals surface area contributed by atoms with E-state index in [1.54, 1.807) is 0 Å². The molecule has 0 saturated carbocycles. The van der Waals surface area contributed by atoms with E-state index in [1.807, 2.05) is 24.3 Å². The molecule has 1 aromatic carbocycles. The van der Waals surface area contributed by atoms with E-state index in [9.17, 15) is 0 Å². The van der Waals surface area contributed by atoms with Crippen LogP contribution in [0.1, 0.15) is 23.7 Å². The summed E-state index contributed by atoms with van der Waals surface area (Å²) in [6, 6.07) is 7.55. The van der Waals surface area contributed by atoms with Gasteiger partial charge in [0.15, 0.2) is 5.82 Å². The van der Waals surface area contributed by atoms with E-state index in [1.165, 1.54) is 0 Å². The zero-order valence-electron chi connectivity index (χ0n) is 9.27. The van der Waals surface area contributed by atoms with Gasteiger partial charge in [-0.25, -0.2) is 0 Å². The Labute approximate surface area is 104 Å². The van der Waals surface area contributed by atoms with Crippen LogP contribution in [-0.2, 0) is 12.8 Å². The molecule has 1 aromatic heterocycles. The number of nitrogens with zero attached hydrogens (tertiary/aromatic N) is 2. The van der Waals surface area contributed by atoms with E-state index in [4.69, 9.17) is 21.2 Å². The third kappa shape index (κ3) is 3.54. The fraction of sp³-hybridized carbons (Fsp3) is 0.333. The first-order valence-electron chi connectivity index (χ1n) is 5.44. The standard InChI is InChI=1S/C12H13ClN2O2/c13-10-5-3-9(4-6-10)8-11-14-12(17-15-11)2-1-7-16/h3-6,16H,1-2,7-8H2. The molecule has 0 aliphatic carbocycles. The van der Waals surface area contributed by atoms with Gasteiger partial charge in [0.1, 0.15) is 0 Å². The molecule has 0 fully saturated rings. The summed E-state index contributed by atoms with van der Waals surface area (Å²) in [6.45, 7) is 0.134. The predicted octanol–water partition coefficient (Wildman–Crippen LogP) is 2.24. The molecular formula is C12H13ClN2O2. The number of aromatic nitrogens is 2. The average Bonchev–Trinajstić information content (AvgIpc) is 2.77. The van der Waals surface area contributed by atoms with Crippen molar-refractivity contribution in [1.82, 2.24) is 10.1 Å². The molecule has 90 valence electrons. The molecular weight excluding hydrogens is 240 g/mol. The number of halogens is 1. The molecule has 0 saturated heterocycles. The zero-order chi connectivity index (χ0) is 12.1. The molecule has 0 amide bonds. The third-order valence-electron chi connectivity index (χ3n) is 2.33. The van der Waals surface area contributed by atoms with Crippen LogP contribution in [0.3, 0.4) is 0 Å². The van der Waals surface area contributed by atoms with Gasteiger partial charge in [0.05, 0.1) is 0 Å². The molecule has 0 bridgehead atoms. The molecule has 4 nitrogen and oxygen atoms in total. The number of hydrogen-bond acceptors (Lipinski definition) is 4. The Hall–Kier alpha value is -1.39. The molecule has 0 unspecified atom stereocenters. The largest absolute Gasteiger partial charge is 0.396 e. The predicted molar refractivity (Wildman–Crippen MR) is 64.0 cm³/mol. The molecule has 2 rings (SSSR count). The molecule has 1 heterocycles. The zero-order valence-corrected chi connectivity index (χ0v) is 10.0. The van der Waals surface area contributed by atoms with Crippen LogP contribution in [0.25, 0.3) is 0 Å². The number of hydrogen-bond donors (Lipinski definition) is 1. The molecule has 0 radical (unpaired) electrons. The van der Waals surface area contributed by atoms with Crippen LogP contribution in [0.5, 0.6) is 0 Å². The number of aliphatic hydroxyl groups excluding tert-OH is 1. The number of benzene rings is 1. The van der Waals surface area contributed by atoms with Gasteiger partial charge in [-0.1, -0.05) is 28.9 Å². The minimum atomic E-state index is 0.134. The minimum absolute atomic E-state index is 0.134. The van der Waals surface area contributed by atoms with E-state index in [2.05, 4.69) is 10.1 Å². The van der Waals surface area contributed by atoms with Gasteiger partial charge in [-0.2, -0.15) is 4.98 Å². The van der Waals surface area contributed by atoms with Gasteiger partial charge in [0.2, 0.25) is 5.89 Å². The summed E-state index contributed by atoms with van der Waals surface area (Å²) >= 11 is 5.80. The van der Waals surface area contributed by atoms with Crippen molar-refractivity contribution in [3.8, 4) is 0 Å². The Kier molecular flexibility index (Phi) is 4.12. The Bertz CT molecular complexity index is 468. The van der Waals surface area contributed by atoms with Crippen LogP contribution in [0.15, 0.2) is 28.8 Å². The highest BCUT2D eigenvalue weighted by Crippen LogP contribution is 2.12. The van der Waals surface area contributed by atoms with Gasteiger partial charge < -0.3 is 9.63 Å². The van der Waals surface area contributed by atoms with Gasteiger partial charge >= 0.3 is 0 Å². The number of aryl methyl sites for hydroxylation is 1. The smallest absolute Gasteiger partial charge is 0.226 e. The number of rotatable bonds is 5. The second-order valence-corrected chi connectivity index (χ2v) is 4.17. The topological polar surface area (TPSA) is 59.2 Å². The van der Waals surface area contributed by atoms with Crippen molar-refractivity contribution in [2.24, 2.45) is 0 Å². The lowest BCUT2D eigenvalue weighted by atomic mass is 10.1. The fourth-order valence-electron chi connectivity index (χ4n) is 1.48. The normalized spacial score (nSPS) is 10.7. The van der Waals surface area contributed by atoms with Crippen molar-refractivity contribution in [3.05, 3.63) is 46.6 Å². The summed E-state index contributed by atoms with van der Waals surface area (Å²) in [5, 5.41) is 13.3. The van der Waals surface area contributed by atoms with Gasteiger partial charge in [-0.3, -0.25) is 0 Å². The highest BCUT2D eigenvalue weighted by Gasteiger charge is 2.06. The van der Waals surface area contributed by atoms with Crippen molar-refractivity contribution < 1.29 is 9.63 Å². The van der Waals surface area contributed by atoms with Crippen LogP contribution >= 0.6 is 11.6 Å². The van der Waals surface area contributed by atoms with E-state index in [-0.39, 0.29) is 6.61 Å². The molecule has 5 heteroatoms. The Balaban J connectivity index is 1.98. The van der Waals surface area contributed by atoms with Crippen LogP contribution < -0.4 is 0 Å². The molecule has 0 aliphatic heterocycles. The maximum absolute atomic E-state index is 8.69. The summed E-state index contributed by atoms with van der Waals surface area (Å²) in [4.78, 5) is 4.24. The second-order valence-electron chi connectivity index (χ2n) is 3.73. The monoisotopic (exact) mass is 252 g/mol. The van der Waals surface area contributed by atoms with E-state index >= 15 is 0 Å². The van der Waals surface area contributed by atoms with E-state index in [0.717, 1.165) is 5.56 Å². The summed E-state index contributed by atoms with van der Waals surface area (Å²) in [5.41, 5.74) is 1.09. The first kappa shape index (κ1) is 12.1. The van der Waals surface area contributed by atoms with Crippen LogP contribution in [0.2, 0.25) is 5.02 Å². The van der Waals surface area contributed by atoms with Gasteiger partial charge in [-0.05, 0) is 24.1 Å². The summed E-state index contributed by atoms with van der Waals surface area (Å²) in [5.74, 6) is 1.23. The van der Waals surface area contributed by atoms with Crippen LogP contribution in [0, 0.1) is 0 Å². The Morgan fingerprint density at radius 2 is 2.00 bits per heavy atom. The Morgan fingerprint density at radius 3 is 2.71 bits per heavy atom. The first-order chi connectivity index (χ1) is 8.28. The lowest BCUT2D eigenvalue weighted by molar-refractivity contribution is 0.278. The SMILES string of the molecule is OCCCc1nc(Cc2ccc(Cl)cc2)no1.